The number of nitrogens with one attached hydrogen (secondary N) is 2. The van der Waals surface area contributed by atoms with E-state index in [0.29, 0.717) is 22.0 Å². The highest BCUT2D eigenvalue weighted by Crippen LogP contribution is 2.24. The summed E-state index contributed by atoms with van der Waals surface area (Å²) in [5, 5.41) is 21.2. The van der Waals surface area contributed by atoms with Gasteiger partial charge in [-0.25, -0.2) is 13.5 Å². The number of anilines is 1. The molecular formula is C27H27F5N8O3S. The second kappa shape index (κ2) is 14.8. The van der Waals surface area contributed by atoms with Crippen LogP contribution < -0.4 is 15.4 Å². The van der Waals surface area contributed by atoms with Crippen molar-refractivity contribution in [1.29, 1.82) is 0 Å². The van der Waals surface area contributed by atoms with Gasteiger partial charge in [0.25, 0.3) is 5.91 Å². The number of aromatic nitrogens is 6. The van der Waals surface area contributed by atoms with E-state index in [1.807, 2.05) is 0 Å². The molecule has 0 aliphatic rings. The number of amides is 2. The molecular weight excluding hydrogens is 611 g/mol. The fraction of sp³-hybridized carbons (Fsp3) is 0.370. The van der Waals surface area contributed by atoms with Gasteiger partial charge in [0, 0.05) is 18.5 Å². The van der Waals surface area contributed by atoms with Gasteiger partial charge in [0.05, 0.1) is 31.4 Å². The van der Waals surface area contributed by atoms with Crippen LogP contribution in [0.25, 0.3) is 0 Å². The Balaban J connectivity index is 1.19. The van der Waals surface area contributed by atoms with Crippen LogP contribution in [0.15, 0.2) is 48.7 Å². The minimum Gasteiger partial charge on any atom is -0.406 e. The lowest BCUT2D eigenvalue weighted by Crippen LogP contribution is -2.24. The first kappa shape index (κ1) is 32.4. The molecule has 4 rings (SSSR count). The molecule has 17 heteroatoms. The summed E-state index contributed by atoms with van der Waals surface area (Å²) in [7, 11) is 0. The molecule has 0 spiro atoms. The number of carbonyl (C=O) groups excluding carboxylic acids is 2. The van der Waals surface area contributed by atoms with E-state index in [1.54, 1.807) is 18.2 Å². The van der Waals surface area contributed by atoms with E-state index in [9.17, 15) is 31.5 Å². The van der Waals surface area contributed by atoms with E-state index in [-0.39, 0.29) is 49.6 Å². The lowest BCUT2D eigenvalue weighted by molar-refractivity contribution is -0.274. The molecule has 0 aliphatic carbocycles. The van der Waals surface area contributed by atoms with Crippen molar-refractivity contribution in [3.8, 4) is 5.75 Å². The third-order valence-corrected chi connectivity index (χ3v) is 6.72. The molecule has 2 amide bonds. The smallest absolute Gasteiger partial charge is 0.406 e. The van der Waals surface area contributed by atoms with Gasteiger partial charge >= 0.3 is 6.36 Å². The molecule has 0 saturated heterocycles. The fourth-order valence-electron chi connectivity index (χ4n) is 3.96. The molecule has 4 aromatic rings. The molecule has 11 nitrogen and oxygen atoms in total. The summed E-state index contributed by atoms with van der Waals surface area (Å²) in [5.74, 6) is -1.49. The molecule has 3 aromatic heterocycles. The number of benzene rings is 1. The van der Waals surface area contributed by atoms with Crippen LogP contribution in [0.4, 0.5) is 27.1 Å². The van der Waals surface area contributed by atoms with Gasteiger partial charge in [0.2, 0.25) is 11.0 Å². The third-order valence-electron chi connectivity index (χ3n) is 5.82. The number of pyridine rings is 1. The summed E-state index contributed by atoms with van der Waals surface area (Å²) in [5.41, 5.74) is 1.42. The minimum atomic E-state index is -4.85. The Kier molecular flexibility index (Phi) is 10.9. The van der Waals surface area contributed by atoms with E-state index in [2.05, 4.69) is 40.9 Å². The van der Waals surface area contributed by atoms with Crippen LogP contribution in [-0.2, 0) is 37.1 Å². The van der Waals surface area contributed by atoms with Crippen molar-refractivity contribution in [1.82, 2.24) is 35.5 Å². The standard InChI is InChI=1S/C27H27F5N8O3S/c1-16(28)10-19-5-3-6-20(34-19)13-33-25(42)22-15-40(39-36-22)14-18(29)8-9-24-37-38-26(44-24)35-23(41)12-17-4-2-7-21(11-17)43-27(30,31)32/h2-7,11,15-16,18H,8-10,12-14H2,1H3,(H,33,42)(H,35,38,41). The van der Waals surface area contributed by atoms with Gasteiger partial charge in [0.15, 0.2) is 5.69 Å². The van der Waals surface area contributed by atoms with Gasteiger partial charge in [0.1, 0.15) is 23.1 Å². The summed E-state index contributed by atoms with van der Waals surface area (Å²) in [6.45, 7) is 1.37. The van der Waals surface area contributed by atoms with E-state index >= 15 is 0 Å². The Labute approximate surface area is 251 Å². The van der Waals surface area contributed by atoms with Crippen molar-refractivity contribution in [2.45, 2.75) is 64.4 Å². The molecule has 2 unspecified atom stereocenters. The number of hydrogen-bond acceptors (Lipinski definition) is 9. The van der Waals surface area contributed by atoms with E-state index in [4.69, 9.17) is 0 Å². The zero-order valence-electron chi connectivity index (χ0n) is 23.2. The molecule has 0 fully saturated rings. The van der Waals surface area contributed by atoms with Crippen LogP contribution in [0.5, 0.6) is 5.75 Å². The first-order chi connectivity index (χ1) is 20.9. The molecule has 0 saturated carbocycles. The molecule has 234 valence electrons. The lowest BCUT2D eigenvalue weighted by Gasteiger charge is -2.09. The second-order valence-electron chi connectivity index (χ2n) is 9.67. The van der Waals surface area contributed by atoms with Crippen molar-refractivity contribution in [2.75, 3.05) is 5.32 Å². The normalized spacial score (nSPS) is 12.9. The maximum absolute atomic E-state index is 14.7. The van der Waals surface area contributed by atoms with Gasteiger partial charge in [-0.15, -0.1) is 28.5 Å². The predicted octanol–water partition coefficient (Wildman–Crippen LogP) is 4.41. The molecule has 0 bridgehead atoms. The average molecular weight is 639 g/mol. The number of halogens is 5. The monoisotopic (exact) mass is 638 g/mol. The lowest BCUT2D eigenvalue weighted by atomic mass is 10.1. The number of rotatable bonds is 14. The molecule has 2 atom stereocenters. The first-order valence-corrected chi connectivity index (χ1v) is 14.1. The van der Waals surface area contributed by atoms with Gasteiger partial charge in [-0.05, 0) is 43.2 Å². The number of aryl methyl sites for hydroxylation is 1. The Morgan fingerprint density at radius 2 is 1.84 bits per heavy atom. The van der Waals surface area contributed by atoms with Crippen molar-refractivity contribution < 1.29 is 36.3 Å². The minimum absolute atomic E-state index is 0.00477. The Morgan fingerprint density at radius 1 is 1.07 bits per heavy atom. The summed E-state index contributed by atoms with van der Waals surface area (Å²) >= 11 is 1.04. The van der Waals surface area contributed by atoms with Crippen molar-refractivity contribution in [2.24, 2.45) is 0 Å². The van der Waals surface area contributed by atoms with Crippen molar-refractivity contribution in [3.63, 3.8) is 0 Å². The summed E-state index contributed by atoms with van der Waals surface area (Å²) < 4.78 is 70.2. The summed E-state index contributed by atoms with van der Waals surface area (Å²) in [4.78, 5) is 29.1. The number of hydrogen-bond donors (Lipinski definition) is 2. The van der Waals surface area contributed by atoms with Gasteiger partial charge in [-0.3, -0.25) is 14.6 Å². The third kappa shape index (κ3) is 10.6. The Hall–Kier alpha value is -4.54. The SMILES string of the molecule is CC(F)Cc1cccc(CNC(=O)c2cn(CC(F)CCc3nnc(NC(=O)Cc4cccc(OC(F)(F)F)c4)s3)nn2)n1. The highest BCUT2D eigenvalue weighted by Gasteiger charge is 2.31. The number of alkyl halides is 5. The van der Waals surface area contributed by atoms with Crippen LogP contribution in [0.1, 0.15) is 45.8 Å². The summed E-state index contributed by atoms with van der Waals surface area (Å²) in [6, 6.07) is 10.2. The van der Waals surface area contributed by atoms with Crippen molar-refractivity contribution in [3.05, 3.63) is 76.3 Å². The highest BCUT2D eigenvalue weighted by molar-refractivity contribution is 7.15. The first-order valence-electron chi connectivity index (χ1n) is 13.3. The van der Waals surface area contributed by atoms with Gasteiger partial charge < -0.3 is 15.4 Å². The fourth-order valence-corrected chi connectivity index (χ4v) is 4.73. The number of ether oxygens (including phenoxy) is 1. The zero-order valence-corrected chi connectivity index (χ0v) is 24.0. The van der Waals surface area contributed by atoms with Crippen molar-refractivity contribution >= 4 is 28.3 Å². The molecule has 0 aliphatic heterocycles. The molecule has 1 aromatic carbocycles. The molecule has 0 radical (unpaired) electrons. The Bertz CT molecular complexity index is 1560. The second-order valence-corrected chi connectivity index (χ2v) is 10.7. The summed E-state index contributed by atoms with van der Waals surface area (Å²) in [6.07, 6.45) is -5.72. The predicted molar refractivity (Wildman–Crippen MR) is 148 cm³/mol. The topological polar surface area (TPSA) is 137 Å². The molecule has 3 heterocycles. The number of carbonyl (C=O) groups is 2. The van der Waals surface area contributed by atoms with Crippen LogP contribution >= 0.6 is 11.3 Å². The maximum atomic E-state index is 14.7. The Morgan fingerprint density at radius 3 is 2.61 bits per heavy atom. The van der Waals surface area contributed by atoms with Crippen LogP contribution in [0.3, 0.4) is 0 Å². The molecule has 44 heavy (non-hydrogen) atoms. The number of nitrogens with zero attached hydrogens (tertiary/aromatic N) is 6. The highest BCUT2D eigenvalue weighted by atomic mass is 32.1. The van der Waals surface area contributed by atoms with Crippen LogP contribution in [0, 0.1) is 0 Å². The zero-order chi connectivity index (χ0) is 31.7. The van der Waals surface area contributed by atoms with Gasteiger partial charge in [-0.2, -0.15) is 0 Å². The quantitative estimate of drug-likeness (QED) is 0.194. The maximum Gasteiger partial charge on any atom is 0.573 e. The van der Waals surface area contributed by atoms with E-state index < -0.39 is 36.3 Å². The molecule has 2 N–H and O–H groups in total. The largest absolute Gasteiger partial charge is 0.573 e. The van der Waals surface area contributed by atoms with Gasteiger partial charge in [-0.1, -0.05) is 34.7 Å². The van der Waals surface area contributed by atoms with E-state index in [0.717, 1.165) is 23.5 Å². The van der Waals surface area contributed by atoms with Crippen LogP contribution in [-0.4, -0.2) is 60.7 Å². The van der Waals surface area contributed by atoms with Crippen LogP contribution in [0.2, 0.25) is 0 Å². The van der Waals surface area contributed by atoms with E-state index in [1.165, 1.54) is 29.9 Å². The average Bonchev–Trinajstić information content (AvgIpc) is 3.59.